The summed E-state index contributed by atoms with van der Waals surface area (Å²) >= 11 is 3.71. The quantitative estimate of drug-likeness (QED) is 0.161. The maximum Gasteiger partial charge on any atom is 0.0361 e. The maximum absolute atomic E-state index is 2.44. The largest absolute Gasteiger partial charge is 0.144 e. The van der Waals surface area contributed by atoms with Crippen LogP contribution < -0.4 is 0 Å². The first-order valence-corrected chi connectivity index (χ1v) is 19.4. The van der Waals surface area contributed by atoms with Crippen molar-refractivity contribution in [3.05, 3.63) is 181 Å². The van der Waals surface area contributed by atoms with E-state index in [1.807, 2.05) is 22.7 Å². The fourth-order valence-electron chi connectivity index (χ4n) is 8.57. The molecule has 11 aromatic rings. The summed E-state index contributed by atoms with van der Waals surface area (Å²) < 4.78 is 2.63. The molecule has 0 fully saturated rings. The van der Waals surface area contributed by atoms with Gasteiger partial charge >= 0.3 is 0 Å². The maximum atomic E-state index is 2.44. The summed E-state index contributed by atoms with van der Waals surface area (Å²) in [6.07, 6.45) is 0. The highest BCUT2D eigenvalue weighted by molar-refractivity contribution is 7.25. The number of hydrogen-bond acceptors (Lipinski definition) is 2. The third-order valence-electron chi connectivity index (χ3n) is 10.7. The molecule has 2 heterocycles. The summed E-state index contributed by atoms with van der Waals surface area (Å²) in [6, 6.07) is 65.2. The Morgan fingerprint density at radius 2 is 0.731 bits per heavy atom. The van der Waals surface area contributed by atoms with E-state index in [2.05, 4.69) is 181 Å². The summed E-state index contributed by atoms with van der Waals surface area (Å²) in [6.45, 7) is 0. The smallest absolute Gasteiger partial charge is 0.0361 e. The van der Waals surface area contributed by atoms with Crippen LogP contribution in [-0.2, 0) is 0 Å². The van der Waals surface area contributed by atoms with Gasteiger partial charge in [-0.15, -0.1) is 22.7 Å². The summed E-state index contributed by atoms with van der Waals surface area (Å²) in [5, 5.41) is 15.1. The van der Waals surface area contributed by atoms with Gasteiger partial charge in [-0.05, 0) is 106 Å². The minimum atomic E-state index is 1.25. The molecule has 0 aliphatic rings. The van der Waals surface area contributed by atoms with E-state index in [-0.39, 0.29) is 0 Å². The molecule has 0 unspecified atom stereocenters. The molecule has 0 saturated heterocycles. The van der Waals surface area contributed by atoms with Crippen molar-refractivity contribution in [1.82, 2.24) is 0 Å². The molecule has 52 heavy (non-hydrogen) atoms. The number of hydrogen-bond donors (Lipinski definition) is 0. The van der Waals surface area contributed by atoms with Gasteiger partial charge in [0.05, 0.1) is 0 Å². The van der Waals surface area contributed by atoms with Crippen LogP contribution >= 0.6 is 22.7 Å². The Hall–Kier alpha value is -6.06. The van der Waals surface area contributed by atoms with Gasteiger partial charge in [-0.3, -0.25) is 0 Å². The molecule has 0 atom stereocenters. The van der Waals surface area contributed by atoms with Gasteiger partial charge in [0.2, 0.25) is 0 Å². The number of thiophene rings is 2. The summed E-state index contributed by atoms with van der Waals surface area (Å²) in [4.78, 5) is 1.31. The van der Waals surface area contributed by atoms with Crippen molar-refractivity contribution in [2.24, 2.45) is 0 Å². The lowest BCUT2D eigenvalue weighted by Gasteiger charge is -2.17. The van der Waals surface area contributed by atoms with Gasteiger partial charge in [0.1, 0.15) is 0 Å². The third kappa shape index (κ3) is 4.45. The average Bonchev–Trinajstić information content (AvgIpc) is 3.87. The van der Waals surface area contributed by atoms with Crippen molar-refractivity contribution >= 4 is 85.9 Å². The minimum absolute atomic E-state index is 1.25. The molecule has 0 aliphatic carbocycles. The van der Waals surface area contributed by atoms with Crippen LogP contribution in [0.1, 0.15) is 0 Å². The Kier molecular flexibility index (Phi) is 6.70. The van der Waals surface area contributed by atoms with Gasteiger partial charge < -0.3 is 0 Å². The van der Waals surface area contributed by atoms with E-state index in [0.717, 1.165) is 0 Å². The molecular formula is C50H30S2. The molecule has 0 aliphatic heterocycles. The van der Waals surface area contributed by atoms with E-state index in [1.54, 1.807) is 0 Å². The second kappa shape index (κ2) is 11.7. The molecule has 0 spiro atoms. The predicted molar refractivity (Wildman–Crippen MR) is 229 cm³/mol. The Bertz CT molecular complexity index is 3050. The molecule has 9 aromatic carbocycles. The van der Waals surface area contributed by atoms with Crippen molar-refractivity contribution in [1.29, 1.82) is 0 Å². The zero-order valence-electron chi connectivity index (χ0n) is 28.1. The molecular weight excluding hydrogens is 665 g/mol. The van der Waals surface area contributed by atoms with Crippen LogP contribution in [0.3, 0.4) is 0 Å². The van der Waals surface area contributed by atoms with Crippen LogP contribution in [0.2, 0.25) is 0 Å². The molecule has 0 bridgehead atoms. The molecule has 11 rings (SSSR count). The van der Waals surface area contributed by atoms with E-state index in [1.165, 1.54) is 107 Å². The first-order chi connectivity index (χ1) is 25.8. The zero-order chi connectivity index (χ0) is 34.2. The number of fused-ring (bicyclic) bond motifs is 7. The Balaban J connectivity index is 1.13. The minimum Gasteiger partial charge on any atom is -0.144 e. The van der Waals surface area contributed by atoms with Crippen LogP contribution in [0.15, 0.2) is 181 Å². The lowest BCUT2D eigenvalue weighted by Crippen LogP contribution is -1.90. The van der Waals surface area contributed by atoms with Gasteiger partial charge in [0.25, 0.3) is 0 Å². The predicted octanol–water partition coefficient (Wildman–Crippen LogP) is 15.4. The van der Waals surface area contributed by atoms with Crippen molar-refractivity contribution in [3.8, 4) is 43.8 Å². The van der Waals surface area contributed by atoms with Crippen molar-refractivity contribution in [2.75, 3.05) is 0 Å². The number of rotatable bonds is 4. The molecule has 0 saturated carbocycles. The Morgan fingerprint density at radius 3 is 1.25 bits per heavy atom. The van der Waals surface area contributed by atoms with Gasteiger partial charge in [0.15, 0.2) is 0 Å². The van der Waals surface area contributed by atoms with Crippen molar-refractivity contribution in [2.45, 2.75) is 0 Å². The Morgan fingerprint density at radius 1 is 0.269 bits per heavy atom. The van der Waals surface area contributed by atoms with Gasteiger partial charge in [-0.1, -0.05) is 152 Å². The monoisotopic (exact) mass is 694 g/mol. The lowest BCUT2D eigenvalue weighted by molar-refractivity contribution is 1.66. The molecule has 0 N–H and O–H groups in total. The van der Waals surface area contributed by atoms with Gasteiger partial charge in [0, 0.05) is 30.6 Å². The fourth-order valence-corrected chi connectivity index (χ4v) is 10.5. The van der Waals surface area contributed by atoms with Crippen molar-refractivity contribution in [3.63, 3.8) is 0 Å². The van der Waals surface area contributed by atoms with E-state index in [4.69, 9.17) is 0 Å². The fraction of sp³-hybridized carbons (Fsp3) is 0. The molecule has 0 amide bonds. The van der Waals surface area contributed by atoms with E-state index < -0.39 is 0 Å². The first kappa shape index (κ1) is 29.6. The van der Waals surface area contributed by atoms with Crippen LogP contribution in [0, 0.1) is 0 Å². The van der Waals surface area contributed by atoms with Crippen molar-refractivity contribution < 1.29 is 0 Å². The second-order valence-corrected chi connectivity index (χ2v) is 15.6. The summed E-state index contributed by atoms with van der Waals surface area (Å²) in [7, 11) is 0. The topological polar surface area (TPSA) is 0 Å². The van der Waals surface area contributed by atoms with Crippen LogP contribution in [-0.4, -0.2) is 0 Å². The van der Waals surface area contributed by atoms with Gasteiger partial charge in [-0.25, -0.2) is 0 Å². The first-order valence-electron chi connectivity index (χ1n) is 17.7. The summed E-state index contributed by atoms with van der Waals surface area (Å²) in [5.74, 6) is 0. The van der Waals surface area contributed by atoms with Crippen LogP contribution in [0.25, 0.3) is 107 Å². The molecule has 2 heteroatoms. The average molecular weight is 695 g/mol. The molecule has 0 radical (unpaired) electrons. The highest BCUT2D eigenvalue weighted by Gasteiger charge is 2.20. The SMILES string of the molecule is c1ccc(-c2c3ccccc3c(-c3ccc4sc5cc(-c6c7ccccc7c(-c7cccs7)c7ccccc67)ccc5c4c3)c3ccccc23)cc1. The van der Waals surface area contributed by atoms with E-state index in [0.29, 0.717) is 0 Å². The highest BCUT2D eigenvalue weighted by atomic mass is 32.1. The lowest BCUT2D eigenvalue weighted by atomic mass is 9.85. The number of benzene rings is 9. The van der Waals surface area contributed by atoms with Gasteiger partial charge in [-0.2, -0.15) is 0 Å². The van der Waals surface area contributed by atoms with E-state index in [9.17, 15) is 0 Å². The molecule has 242 valence electrons. The summed E-state index contributed by atoms with van der Waals surface area (Å²) in [5.41, 5.74) is 9.00. The third-order valence-corrected chi connectivity index (χ3v) is 12.8. The molecule has 0 nitrogen and oxygen atoms in total. The Labute approximate surface area is 309 Å². The van der Waals surface area contributed by atoms with E-state index >= 15 is 0 Å². The normalized spacial score (nSPS) is 11.8. The van der Waals surface area contributed by atoms with Crippen LogP contribution in [0.5, 0.6) is 0 Å². The zero-order valence-corrected chi connectivity index (χ0v) is 29.8. The highest BCUT2D eigenvalue weighted by Crippen LogP contribution is 2.48. The van der Waals surface area contributed by atoms with Crippen LogP contribution in [0.4, 0.5) is 0 Å². The molecule has 2 aromatic heterocycles. The standard InChI is InChI=1S/C50H30S2/c1-2-13-31(14-3-1)47-35-15-4-6-17-37(35)48(38-18-7-5-16-36(38)47)32-25-27-44-43(29-32)34-26-24-33(30-46(34)52-44)49-39-19-8-10-21-41(39)50(45-23-12-28-51-45)42-22-11-9-20-40(42)49/h1-30H. The second-order valence-electron chi connectivity index (χ2n) is 13.5.